The van der Waals surface area contributed by atoms with Crippen molar-refractivity contribution in [2.45, 2.75) is 6.10 Å². The van der Waals surface area contributed by atoms with Crippen LogP contribution in [0.1, 0.15) is 0 Å². The topological polar surface area (TPSA) is 32.7 Å². The average molecular weight is 221 g/mol. The summed E-state index contributed by atoms with van der Waals surface area (Å²) in [6.45, 7) is 0.915. The minimum atomic E-state index is -0.464. The first-order valence-electron chi connectivity index (χ1n) is 5.34. The molecule has 1 aliphatic carbocycles. The zero-order valence-electron chi connectivity index (χ0n) is 9.84. The van der Waals surface area contributed by atoms with E-state index in [2.05, 4.69) is 0 Å². The molecule has 0 saturated heterocycles. The molecule has 0 heterocycles. The van der Waals surface area contributed by atoms with Crippen molar-refractivity contribution >= 4 is 0 Å². The van der Waals surface area contributed by atoms with E-state index in [-0.39, 0.29) is 0 Å². The van der Waals surface area contributed by atoms with Gasteiger partial charge in [0.05, 0.1) is 12.7 Å². The molecular formula is C13H19NO2. The Bertz CT molecular complexity index is 316. The Hall–Kier alpha value is -1.32. The Morgan fingerprint density at radius 2 is 1.94 bits per heavy atom. The lowest BCUT2D eigenvalue weighted by atomic mass is 10.2. The summed E-state index contributed by atoms with van der Waals surface area (Å²) < 4.78 is 4.90. The van der Waals surface area contributed by atoms with E-state index in [1.807, 2.05) is 54.5 Å². The molecule has 0 aromatic carbocycles. The van der Waals surface area contributed by atoms with Crippen molar-refractivity contribution in [3.63, 3.8) is 0 Å². The quantitative estimate of drug-likeness (QED) is 0.763. The fourth-order valence-electron chi connectivity index (χ4n) is 1.48. The number of hydrogen-bond donors (Lipinski definition) is 1. The van der Waals surface area contributed by atoms with E-state index in [4.69, 9.17) is 4.74 Å². The fourth-order valence-corrected chi connectivity index (χ4v) is 1.48. The molecule has 1 atom stereocenters. The number of allylic oxidation sites excluding steroid dienone is 7. The number of rotatable bonds is 5. The van der Waals surface area contributed by atoms with E-state index < -0.39 is 6.10 Å². The predicted molar refractivity (Wildman–Crippen MR) is 66.0 cm³/mol. The molecule has 0 aliphatic heterocycles. The molecule has 0 aromatic heterocycles. The molecule has 1 aliphatic rings. The lowest BCUT2D eigenvalue weighted by Crippen LogP contribution is -2.31. The number of aliphatic hydroxyl groups excluding tert-OH is 1. The molecule has 0 fully saturated rings. The second kappa shape index (κ2) is 7.04. The molecule has 88 valence electrons. The largest absolute Gasteiger partial charge is 0.389 e. The lowest BCUT2D eigenvalue weighted by Gasteiger charge is -2.23. The van der Waals surface area contributed by atoms with Crippen molar-refractivity contribution in [3.05, 3.63) is 48.2 Å². The van der Waals surface area contributed by atoms with E-state index in [9.17, 15) is 5.11 Å². The van der Waals surface area contributed by atoms with Gasteiger partial charge in [-0.15, -0.1) is 0 Å². The van der Waals surface area contributed by atoms with Crippen LogP contribution in [0.2, 0.25) is 0 Å². The standard InChI is InChI=1S/C13H19NO2/c1-14(10-13(15)11-16-2)12-8-6-4-3-5-7-9-12/h3-9,13,15H,10-11H2,1-2H3/b4-3-,5-3?,6-4?,7-5-,8-6?,9-7?,12-8?,12-9?. The molecule has 1 unspecified atom stereocenters. The van der Waals surface area contributed by atoms with Gasteiger partial charge in [0.2, 0.25) is 0 Å². The van der Waals surface area contributed by atoms with Crippen molar-refractivity contribution in [1.82, 2.24) is 4.90 Å². The Kier molecular flexibility index (Phi) is 5.61. The minimum Gasteiger partial charge on any atom is -0.389 e. The summed E-state index contributed by atoms with van der Waals surface area (Å²) in [5.74, 6) is 0. The number of ether oxygens (including phenoxy) is 1. The zero-order valence-corrected chi connectivity index (χ0v) is 9.84. The van der Waals surface area contributed by atoms with E-state index in [1.54, 1.807) is 7.11 Å². The highest BCUT2D eigenvalue weighted by Gasteiger charge is 2.08. The van der Waals surface area contributed by atoms with Crippen LogP contribution in [0.25, 0.3) is 0 Å². The summed E-state index contributed by atoms with van der Waals surface area (Å²) in [6, 6.07) is 0. The molecule has 3 nitrogen and oxygen atoms in total. The fraction of sp³-hybridized carbons (Fsp3) is 0.385. The molecule has 0 aromatic rings. The lowest BCUT2D eigenvalue weighted by molar-refractivity contribution is 0.0497. The molecule has 0 amide bonds. The predicted octanol–water partition coefficient (Wildman–Crippen LogP) is 1.49. The van der Waals surface area contributed by atoms with E-state index in [0.717, 1.165) is 5.70 Å². The van der Waals surface area contributed by atoms with Crippen molar-refractivity contribution in [2.24, 2.45) is 0 Å². The molecule has 0 spiro atoms. The normalized spacial score (nSPS) is 20.6. The number of methoxy groups -OCH3 is 1. The molecule has 3 heteroatoms. The van der Waals surface area contributed by atoms with Crippen LogP contribution in [-0.4, -0.2) is 43.4 Å². The van der Waals surface area contributed by atoms with Crippen molar-refractivity contribution < 1.29 is 9.84 Å². The third-order valence-corrected chi connectivity index (χ3v) is 2.26. The molecular weight excluding hydrogens is 202 g/mol. The summed E-state index contributed by atoms with van der Waals surface area (Å²) in [6.07, 6.45) is 13.5. The van der Waals surface area contributed by atoms with Crippen molar-refractivity contribution in [3.8, 4) is 0 Å². The SMILES string of the molecule is COCC(O)CN(C)C1=C/C=C\C=C/C=C1. The van der Waals surface area contributed by atoms with Crippen LogP contribution in [0.4, 0.5) is 0 Å². The van der Waals surface area contributed by atoms with Crippen LogP contribution in [0.15, 0.2) is 48.2 Å². The van der Waals surface area contributed by atoms with Crippen LogP contribution < -0.4 is 0 Å². The van der Waals surface area contributed by atoms with Gasteiger partial charge in [0.1, 0.15) is 0 Å². The highest BCUT2D eigenvalue weighted by atomic mass is 16.5. The minimum absolute atomic E-state index is 0.358. The van der Waals surface area contributed by atoms with Gasteiger partial charge in [-0.1, -0.05) is 30.4 Å². The Morgan fingerprint density at radius 3 is 2.69 bits per heavy atom. The maximum Gasteiger partial charge on any atom is 0.0947 e. The van der Waals surface area contributed by atoms with Gasteiger partial charge in [-0.25, -0.2) is 0 Å². The third-order valence-electron chi connectivity index (χ3n) is 2.26. The van der Waals surface area contributed by atoms with Gasteiger partial charge < -0.3 is 14.7 Å². The molecule has 1 N–H and O–H groups in total. The van der Waals surface area contributed by atoms with Crippen LogP contribution in [-0.2, 0) is 4.74 Å². The first-order chi connectivity index (χ1) is 7.74. The first-order valence-corrected chi connectivity index (χ1v) is 5.34. The summed E-state index contributed by atoms with van der Waals surface area (Å²) in [5.41, 5.74) is 1.07. The van der Waals surface area contributed by atoms with Crippen molar-refractivity contribution in [1.29, 1.82) is 0 Å². The van der Waals surface area contributed by atoms with Crippen LogP contribution >= 0.6 is 0 Å². The maximum absolute atomic E-state index is 9.63. The van der Waals surface area contributed by atoms with Gasteiger partial charge in [0.25, 0.3) is 0 Å². The van der Waals surface area contributed by atoms with Gasteiger partial charge in [-0.2, -0.15) is 0 Å². The van der Waals surface area contributed by atoms with Gasteiger partial charge in [-0.05, 0) is 12.2 Å². The van der Waals surface area contributed by atoms with E-state index in [0.29, 0.717) is 13.2 Å². The molecule has 0 bridgehead atoms. The highest BCUT2D eigenvalue weighted by molar-refractivity contribution is 5.29. The number of likely N-dealkylation sites (N-methyl/N-ethyl adjacent to an activating group) is 1. The van der Waals surface area contributed by atoms with Gasteiger partial charge >= 0.3 is 0 Å². The number of nitrogens with zero attached hydrogens (tertiary/aromatic N) is 1. The van der Waals surface area contributed by atoms with Gasteiger partial charge in [-0.3, -0.25) is 0 Å². The van der Waals surface area contributed by atoms with Crippen LogP contribution in [0.5, 0.6) is 0 Å². The highest BCUT2D eigenvalue weighted by Crippen LogP contribution is 2.07. The molecule has 1 rings (SSSR count). The Morgan fingerprint density at radius 1 is 1.25 bits per heavy atom. The van der Waals surface area contributed by atoms with Crippen molar-refractivity contribution in [2.75, 3.05) is 27.3 Å². The van der Waals surface area contributed by atoms with E-state index in [1.165, 1.54) is 0 Å². The first kappa shape index (κ1) is 12.7. The monoisotopic (exact) mass is 221 g/mol. The molecule has 0 saturated carbocycles. The summed E-state index contributed by atoms with van der Waals surface area (Å²) in [4.78, 5) is 2.00. The van der Waals surface area contributed by atoms with Crippen LogP contribution in [0, 0.1) is 0 Å². The van der Waals surface area contributed by atoms with E-state index >= 15 is 0 Å². The number of aliphatic hydroxyl groups is 1. The number of hydrogen-bond acceptors (Lipinski definition) is 3. The second-order valence-corrected chi connectivity index (χ2v) is 3.71. The average Bonchev–Trinajstić information content (AvgIpc) is 2.16. The van der Waals surface area contributed by atoms with Gasteiger partial charge in [0, 0.05) is 26.4 Å². The summed E-state index contributed by atoms with van der Waals surface area (Å²) in [7, 11) is 3.54. The third kappa shape index (κ3) is 4.47. The molecule has 16 heavy (non-hydrogen) atoms. The summed E-state index contributed by atoms with van der Waals surface area (Å²) in [5, 5.41) is 9.63. The smallest absolute Gasteiger partial charge is 0.0947 e. The Balaban J connectivity index is 2.55. The maximum atomic E-state index is 9.63. The summed E-state index contributed by atoms with van der Waals surface area (Å²) >= 11 is 0. The Labute approximate surface area is 97.0 Å². The van der Waals surface area contributed by atoms with Crippen LogP contribution in [0.3, 0.4) is 0 Å². The van der Waals surface area contributed by atoms with Gasteiger partial charge in [0.15, 0.2) is 0 Å². The zero-order chi connectivity index (χ0) is 11.8. The second-order valence-electron chi connectivity index (χ2n) is 3.71. The molecule has 0 radical (unpaired) electrons.